The van der Waals surface area contributed by atoms with Crippen LogP contribution in [0.3, 0.4) is 0 Å². The third kappa shape index (κ3) is 10.8. The molecule has 0 nitrogen and oxygen atoms in total. The van der Waals surface area contributed by atoms with Gasteiger partial charge in [0, 0.05) is 10.8 Å². The predicted octanol–water partition coefficient (Wildman–Crippen LogP) is 24.9. The van der Waals surface area contributed by atoms with Crippen molar-refractivity contribution in [1.29, 1.82) is 0 Å². The summed E-state index contributed by atoms with van der Waals surface area (Å²) < 4.78 is 0. The molecule has 0 unspecified atom stereocenters. The number of rotatable bonds is 1. The maximum Gasteiger partial charge on any atom is 0.0725 e. The molecular formula is C94H86. The minimum absolute atomic E-state index is 0.142. The minimum Gasteiger partial charge on any atom is -0.0619 e. The first kappa shape index (κ1) is 61.6. The normalized spacial score (nSPS) is 13.9. The Hall–Kier alpha value is -9.88. The zero-order valence-corrected chi connectivity index (χ0v) is 57.5. The lowest BCUT2D eigenvalue weighted by molar-refractivity contribution is 0.659. The summed E-state index contributed by atoms with van der Waals surface area (Å²) in [6, 6.07) is 94.7. The van der Waals surface area contributed by atoms with Crippen LogP contribution in [0.25, 0.3) is 77.5 Å². The van der Waals surface area contributed by atoms with Gasteiger partial charge in [-0.1, -0.05) is 332 Å². The van der Waals surface area contributed by atoms with Gasteiger partial charge in [-0.3, -0.25) is 0 Å². The van der Waals surface area contributed by atoms with E-state index in [1.54, 1.807) is 0 Å². The van der Waals surface area contributed by atoms with Gasteiger partial charge < -0.3 is 0 Å². The van der Waals surface area contributed by atoms with Gasteiger partial charge in [0.1, 0.15) is 0 Å². The van der Waals surface area contributed by atoms with Crippen molar-refractivity contribution in [3.63, 3.8) is 0 Å². The molecule has 0 atom stereocenters. The lowest BCUT2D eigenvalue weighted by Crippen LogP contribution is -2.26. The monoisotopic (exact) mass is 1210 g/mol. The van der Waals surface area contributed by atoms with Gasteiger partial charge >= 0.3 is 0 Å². The first-order chi connectivity index (χ1) is 45.2. The second-order valence-electron chi connectivity index (χ2n) is 28.8. The summed E-state index contributed by atoms with van der Waals surface area (Å²) in [5.74, 6) is 0. The number of hydrogen-bond donors (Lipinski definition) is 0. The van der Waals surface area contributed by atoms with Gasteiger partial charge in [-0.25, -0.2) is 0 Å². The first-order valence-electron chi connectivity index (χ1n) is 33.8. The standard InChI is InChI=1S/C27H20.C18H16.2C17H18.C15H14/c1-17-11-13-21-22-14-12-18(2)16-26(22)27(25(21)15-17)23-9-5-3-7-19(23)20-8-4-6-10-24(20)27;1-13-4-3-5-15(10-13)18-9-8-16-11-14(2)6-7-17(16)12-18;1-11-5-7-15-13(9-11)14-10-12(2)6-8-16(14)17(15,3)4;1-11-5-7-13-14-8-6-12(2)10-16(14)17(3,4)15(13)9-11;1-10-3-5-14-12(7-10)9-13-8-11(2)4-6-15(13)14/h3-16H,1-2H3;3-12H,1-2H3;2*5-10H,1-4H3;3-8H,9H2,1-2H3. The van der Waals surface area contributed by atoms with Crippen molar-refractivity contribution in [1.82, 2.24) is 0 Å². The predicted molar refractivity (Wildman–Crippen MR) is 402 cm³/mol. The summed E-state index contributed by atoms with van der Waals surface area (Å²) in [5, 5.41) is 2.62. The second kappa shape index (κ2) is 23.9. The van der Waals surface area contributed by atoms with E-state index in [9.17, 15) is 0 Å². The highest BCUT2D eigenvalue weighted by Gasteiger charge is 2.51. The second-order valence-corrected chi connectivity index (χ2v) is 28.8. The van der Waals surface area contributed by atoms with Crippen LogP contribution in [0.1, 0.15) is 139 Å². The topological polar surface area (TPSA) is 0 Å². The van der Waals surface area contributed by atoms with Gasteiger partial charge in [-0.05, 0) is 215 Å². The van der Waals surface area contributed by atoms with Gasteiger partial charge in [-0.2, -0.15) is 0 Å². The lowest BCUT2D eigenvalue weighted by atomic mass is 9.70. The van der Waals surface area contributed by atoms with E-state index in [1.807, 2.05) is 0 Å². The van der Waals surface area contributed by atoms with Crippen LogP contribution in [-0.4, -0.2) is 0 Å². The molecule has 0 heteroatoms. The molecule has 0 amide bonds. The molecule has 0 heterocycles. The molecule has 13 aromatic carbocycles. The van der Waals surface area contributed by atoms with Crippen molar-refractivity contribution < 1.29 is 0 Å². The highest BCUT2D eigenvalue weighted by atomic mass is 14.5. The molecule has 462 valence electrons. The van der Waals surface area contributed by atoms with Crippen molar-refractivity contribution in [2.45, 2.75) is 120 Å². The number of benzene rings is 13. The molecule has 0 N–H and O–H groups in total. The molecule has 0 fully saturated rings. The van der Waals surface area contributed by atoms with Crippen LogP contribution in [0.15, 0.2) is 255 Å². The average Bonchev–Trinajstić information content (AvgIpc) is 1.51. The van der Waals surface area contributed by atoms with E-state index in [2.05, 4.69) is 352 Å². The molecular weight excluding hydrogens is 1130 g/mol. The smallest absolute Gasteiger partial charge is 0.0619 e. The molecule has 13 aromatic rings. The van der Waals surface area contributed by atoms with E-state index in [-0.39, 0.29) is 16.2 Å². The SMILES string of the molecule is Cc1ccc2c(c1)-c1cc(C)ccc1C2(C)C.Cc1ccc2c(c1)C(C)(C)c1cc(C)ccc1-2.Cc1ccc2c(c1)C1(c3ccccc3-c3ccccc31)c1cc(C)ccc1-2.Cc1ccc2c(c1)Cc1cc(C)ccc1-2.Cc1cccc(-c2ccc3cc(C)ccc3c2)c1. The number of aryl methyl sites for hydroxylation is 10. The molecule has 5 aliphatic rings. The van der Waals surface area contributed by atoms with Crippen LogP contribution in [-0.2, 0) is 22.7 Å². The highest BCUT2D eigenvalue weighted by Crippen LogP contribution is 2.63. The summed E-state index contributed by atoms with van der Waals surface area (Å²) in [4.78, 5) is 0. The Morgan fingerprint density at radius 3 is 1.01 bits per heavy atom. The van der Waals surface area contributed by atoms with E-state index in [1.165, 1.54) is 189 Å². The van der Waals surface area contributed by atoms with Gasteiger partial charge in [0.15, 0.2) is 0 Å². The Morgan fingerprint density at radius 1 is 0.202 bits per heavy atom. The van der Waals surface area contributed by atoms with Crippen molar-refractivity contribution >= 4 is 10.8 Å². The first-order valence-corrected chi connectivity index (χ1v) is 33.8. The van der Waals surface area contributed by atoms with Crippen LogP contribution in [0.5, 0.6) is 0 Å². The number of hydrogen-bond acceptors (Lipinski definition) is 0. The zero-order chi connectivity index (χ0) is 65.5. The van der Waals surface area contributed by atoms with E-state index in [0.29, 0.717) is 0 Å². The maximum absolute atomic E-state index is 2.41. The summed E-state index contributed by atoms with van der Waals surface area (Å²) in [7, 11) is 0. The van der Waals surface area contributed by atoms with Crippen molar-refractivity contribution in [2.24, 2.45) is 0 Å². The third-order valence-electron chi connectivity index (χ3n) is 20.9. The van der Waals surface area contributed by atoms with Crippen molar-refractivity contribution in [3.05, 3.63) is 366 Å². The Morgan fingerprint density at radius 2 is 0.532 bits per heavy atom. The Kier molecular flexibility index (Phi) is 15.7. The van der Waals surface area contributed by atoms with E-state index in [0.717, 1.165) is 6.42 Å². The van der Waals surface area contributed by atoms with Gasteiger partial charge in [0.05, 0.1) is 5.41 Å². The van der Waals surface area contributed by atoms with Crippen LogP contribution >= 0.6 is 0 Å². The van der Waals surface area contributed by atoms with Gasteiger partial charge in [0.25, 0.3) is 0 Å². The summed E-state index contributed by atoms with van der Waals surface area (Å²) in [6.45, 7) is 31.0. The van der Waals surface area contributed by atoms with Crippen LogP contribution in [0, 0.1) is 69.2 Å². The molecule has 0 saturated carbocycles. The molecule has 0 aromatic heterocycles. The van der Waals surface area contributed by atoms with Crippen molar-refractivity contribution in [2.75, 3.05) is 0 Å². The largest absolute Gasteiger partial charge is 0.0725 e. The molecule has 0 saturated heterocycles. The van der Waals surface area contributed by atoms with Gasteiger partial charge in [0.2, 0.25) is 0 Å². The highest BCUT2D eigenvalue weighted by molar-refractivity contribution is 5.95. The fourth-order valence-electron chi connectivity index (χ4n) is 16.2. The Labute approximate surface area is 559 Å². The minimum atomic E-state index is -0.199. The molecule has 18 rings (SSSR count). The molecule has 0 radical (unpaired) electrons. The van der Waals surface area contributed by atoms with Crippen LogP contribution < -0.4 is 0 Å². The molecule has 5 aliphatic carbocycles. The average molecular weight is 1220 g/mol. The maximum atomic E-state index is 2.41. The quantitative estimate of drug-likeness (QED) is 0.154. The van der Waals surface area contributed by atoms with Crippen LogP contribution in [0.2, 0.25) is 0 Å². The molecule has 0 bridgehead atoms. The lowest BCUT2D eigenvalue weighted by Gasteiger charge is -2.30. The Balaban J connectivity index is 0.000000103. The van der Waals surface area contributed by atoms with Crippen LogP contribution in [0.4, 0.5) is 0 Å². The van der Waals surface area contributed by atoms with Crippen molar-refractivity contribution in [3.8, 4) is 66.8 Å². The fraction of sp³-hybridized carbons (Fsp3) is 0.191. The Bertz CT molecular complexity index is 4910. The number of fused-ring (bicyclic) bond motifs is 20. The van der Waals surface area contributed by atoms with Gasteiger partial charge in [-0.15, -0.1) is 0 Å². The summed E-state index contributed by atoms with van der Waals surface area (Å²) >= 11 is 0. The van der Waals surface area contributed by atoms with E-state index >= 15 is 0 Å². The molecule has 1 spiro atoms. The molecule has 94 heavy (non-hydrogen) atoms. The summed E-state index contributed by atoms with van der Waals surface area (Å²) in [6.07, 6.45) is 1.11. The fourth-order valence-corrected chi connectivity index (χ4v) is 16.2. The zero-order valence-electron chi connectivity index (χ0n) is 57.5. The molecule has 0 aliphatic heterocycles. The summed E-state index contributed by atoms with van der Waals surface area (Å²) in [5.41, 5.74) is 44.6. The van der Waals surface area contributed by atoms with E-state index in [4.69, 9.17) is 0 Å². The van der Waals surface area contributed by atoms with E-state index < -0.39 is 0 Å². The third-order valence-corrected chi connectivity index (χ3v) is 20.9.